The van der Waals surface area contributed by atoms with Gasteiger partial charge in [-0.25, -0.2) is 4.98 Å². The summed E-state index contributed by atoms with van der Waals surface area (Å²) in [7, 11) is 0. The van der Waals surface area contributed by atoms with Crippen LogP contribution in [0.25, 0.3) is 11.2 Å². The van der Waals surface area contributed by atoms with Crippen LogP contribution in [0.2, 0.25) is 0 Å². The summed E-state index contributed by atoms with van der Waals surface area (Å²) in [5.41, 5.74) is 2.88. The van der Waals surface area contributed by atoms with Crippen LogP contribution in [0.1, 0.15) is 55.5 Å². The summed E-state index contributed by atoms with van der Waals surface area (Å²) >= 11 is 2.30. The molecule has 2 aliphatic heterocycles. The molecule has 4 N–H and O–H groups in total. The Bertz CT molecular complexity index is 1470. The second-order valence-electron chi connectivity index (χ2n) is 10.5. The first-order valence-electron chi connectivity index (χ1n) is 14.2. The monoisotopic (exact) mass is 674 g/mol. The normalized spacial score (nSPS) is 23.3. The number of anilines is 2. The molecule has 4 atom stereocenters. The number of piperidine rings is 1. The number of ether oxygens (including phenoxy) is 1. The summed E-state index contributed by atoms with van der Waals surface area (Å²) in [6, 6.07) is 9.99. The number of benzene rings is 1. The molecule has 0 saturated carbocycles. The van der Waals surface area contributed by atoms with Gasteiger partial charge in [0.25, 0.3) is 0 Å². The van der Waals surface area contributed by atoms with Crippen molar-refractivity contribution in [3.05, 3.63) is 57.2 Å². The minimum absolute atomic E-state index is 0.370. The molecule has 0 amide bonds. The van der Waals surface area contributed by atoms with Crippen molar-refractivity contribution in [1.82, 2.24) is 29.6 Å². The molecular weight excluding hydrogens is 639 g/mol. The van der Waals surface area contributed by atoms with Crippen LogP contribution in [0.3, 0.4) is 0 Å². The first-order valence-corrected chi connectivity index (χ1v) is 15.2. The maximum absolute atomic E-state index is 11.0. The van der Waals surface area contributed by atoms with Crippen molar-refractivity contribution in [2.75, 3.05) is 36.8 Å². The van der Waals surface area contributed by atoms with Gasteiger partial charge in [0.05, 0.1) is 12.0 Å². The van der Waals surface area contributed by atoms with Gasteiger partial charge in [0.2, 0.25) is 5.95 Å². The molecule has 0 aliphatic carbocycles. The van der Waals surface area contributed by atoms with E-state index in [1.165, 1.54) is 19.3 Å². The molecule has 0 unspecified atom stereocenters. The Kier molecular flexibility index (Phi) is 8.67. The maximum Gasteiger partial charge on any atom is 0.226 e. The van der Waals surface area contributed by atoms with E-state index in [1.807, 2.05) is 13.0 Å². The van der Waals surface area contributed by atoms with E-state index in [-0.39, 0.29) is 0 Å². The van der Waals surface area contributed by atoms with Gasteiger partial charge < -0.3 is 35.0 Å². The molecule has 5 heterocycles. The molecule has 1 aromatic carbocycles. The van der Waals surface area contributed by atoms with Gasteiger partial charge in [-0.15, -0.1) is 0 Å². The fourth-order valence-electron chi connectivity index (χ4n) is 5.40. The van der Waals surface area contributed by atoms with E-state index in [9.17, 15) is 10.2 Å². The third-order valence-corrected chi connectivity index (χ3v) is 8.33. The van der Waals surface area contributed by atoms with Crippen molar-refractivity contribution < 1.29 is 19.5 Å². The zero-order chi connectivity index (χ0) is 28.3. The number of aliphatic hydroxyl groups is 2. The predicted molar refractivity (Wildman–Crippen MR) is 161 cm³/mol. The van der Waals surface area contributed by atoms with Crippen molar-refractivity contribution in [1.29, 1.82) is 0 Å². The van der Waals surface area contributed by atoms with Crippen LogP contribution in [-0.2, 0) is 17.7 Å². The molecule has 13 heteroatoms. The highest BCUT2D eigenvalue weighted by molar-refractivity contribution is 14.1. The lowest BCUT2D eigenvalue weighted by Gasteiger charge is -2.26. The summed E-state index contributed by atoms with van der Waals surface area (Å²) in [6.45, 7) is 6.35. The second kappa shape index (κ2) is 12.6. The van der Waals surface area contributed by atoms with E-state index in [1.54, 1.807) is 17.0 Å². The third-order valence-electron chi connectivity index (χ3n) is 7.66. The number of likely N-dealkylation sites (tertiary alicyclic amines) is 1. The van der Waals surface area contributed by atoms with E-state index in [4.69, 9.17) is 19.2 Å². The van der Waals surface area contributed by atoms with E-state index >= 15 is 0 Å². The van der Waals surface area contributed by atoms with Gasteiger partial charge in [0.1, 0.15) is 18.3 Å². The lowest BCUT2D eigenvalue weighted by molar-refractivity contribution is -0.0434. The number of nitrogens with zero attached hydrogens (tertiary/aromatic N) is 6. The number of rotatable bonds is 10. The van der Waals surface area contributed by atoms with E-state index in [0.717, 1.165) is 34.5 Å². The highest BCUT2D eigenvalue weighted by Gasteiger charge is 2.47. The lowest BCUT2D eigenvalue weighted by atomic mass is 10.1. The Hall–Kier alpha value is -2.85. The number of fused-ring (bicyclic) bond motifs is 1. The molecule has 0 radical (unpaired) electrons. The van der Waals surface area contributed by atoms with Gasteiger partial charge in [0, 0.05) is 29.3 Å². The first-order chi connectivity index (χ1) is 20.0. The van der Waals surface area contributed by atoms with Gasteiger partial charge in [-0.1, -0.05) is 30.6 Å². The molecule has 6 rings (SSSR count). The van der Waals surface area contributed by atoms with Crippen molar-refractivity contribution in [3.8, 4) is 0 Å². The minimum atomic E-state index is -1.24. The van der Waals surface area contributed by atoms with Gasteiger partial charge in [-0.3, -0.25) is 4.57 Å². The van der Waals surface area contributed by atoms with Crippen LogP contribution in [0.4, 0.5) is 11.8 Å². The zero-order valence-electron chi connectivity index (χ0n) is 22.9. The maximum atomic E-state index is 11.0. The van der Waals surface area contributed by atoms with Crippen LogP contribution in [0.15, 0.2) is 41.2 Å². The Labute approximate surface area is 251 Å². The van der Waals surface area contributed by atoms with Gasteiger partial charge >= 0.3 is 0 Å². The second-order valence-corrected chi connectivity index (χ2v) is 11.8. The predicted octanol–water partition coefficient (Wildman–Crippen LogP) is 3.48. The van der Waals surface area contributed by atoms with Crippen LogP contribution in [0, 0.1) is 3.57 Å². The third kappa shape index (κ3) is 6.18. The average Bonchev–Trinajstić information content (AvgIpc) is 3.70. The van der Waals surface area contributed by atoms with Crippen LogP contribution >= 0.6 is 22.6 Å². The number of aliphatic hydroxyl groups excluding tert-OH is 2. The molecule has 41 heavy (non-hydrogen) atoms. The zero-order valence-corrected chi connectivity index (χ0v) is 25.1. The molecule has 12 nitrogen and oxygen atoms in total. The number of halogens is 1. The van der Waals surface area contributed by atoms with Gasteiger partial charge in [0.15, 0.2) is 29.0 Å². The number of hydrogen-bond acceptors (Lipinski definition) is 11. The Morgan fingerprint density at radius 1 is 1.07 bits per heavy atom. The Morgan fingerprint density at radius 3 is 2.71 bits per heavy atom. The van der Waals surface area contributed by atoms with E-state index in [2.05, 4.69) is 66.5 Å². The quantitative estimate of drug-likeness (QED) is 0.184. The molecule has 4 aromatic rings. The smallest absolute Gasteiger partial charge is 0.226 e. The topological polar surface area (TPSA) is 147 Å². The van der Waals surface area contributed by atoms with Crippen molar-refractivity contribution in [2.24, 2.45) is 0 Å². The number of aromatic nitrogens is 5. The highest BCUT2D eigenvalue weighted by Crippen LogP contribution is 2.40. The average molecular weight is 675 g/mol. The molecule has 2 aliphatic rings. The summed E-state index contributed by atoms with van der Waals surface area (Å²) in [6.07, 6.45) is 1.76. The molecule has 2 fully saturated rings. The largest absolute Gasteiger partial charge is 0.387 e. The fourth-order valence-corrected chi connectivity index (χ4v) is 6.01. The molecule has 218 valence electrons. The Morgan fingerprint density at radius 2 is 1.93 bits per heavy atom. The summed E-state index contributed by atoms with van der Waals surface area (Å²) in [5, 5.41) is 32.7. The number of nitrogens with one attached hydrogen (secondary N) is 2. The van der Waals surface area contributed by atoms with Crippen molar-refractivity contribution in [2.45, 2.75) is 63.7 Å². The summed E-state index contributed by atoms with van der Waals surface area (Å²) in [4.78, 5) is 16.6. The molecule has 2 saturated heterocycles. The minimum Gasteiger partial charge on any atom is -0.387 e. The van der Waals surface area contributed by atoms with Crippen LogP contribution in [-0.4, -0.2) is 78.2 Å². The fraction of sp³-hybridized carbons (Fsp3) is 0.500. The number of hydrogen-bond donors (Lipinski definition) is 4. The standard InChI is InChI=1S/C28H35IN8O4/c1-2-19-14-20(41-35-19)24-22(38)23(39)27(40-24)37-16-32-21-25(31-15-17-7-6-8-18(29)13-17)33-28(34-26(21)37)30-9-12-36-10-4-3-5-11-36/h6-8,13-14,16,22-24,27,38-39H,2-5,9-12,15H2,1H3,(H2,30,31,33,34)/t22-,23+,24+,27+/m0/s1. The van der Waals surface area contributed by atoms with E-state index < -0.39 is 24.5 Å². The Balaban J connectivity index is 1.28. The molecule has 0 bridgehead atoms. The SMILES string of the molecule is CCc1cc([C@H]2O[C@@H](n3cnc4c(NCc5cccc(I)c5)nc(NCCN5CCCCC5)nc43)[C@H](O)[C@@H]2O)on1. The number of aryl methyl sites for hydroxylation is 1. The van der Waals surface area contributed by atoms with Gasteiger partial charge in [-0.05, 0) is 72.6 Å². The summed E-state index contributed by atoms with van der Waals surface area (Å²) < 4.78 is 14.3. The number of imidazole rings is 1. The highest BCUT2D eigenvalue weighted by atomic mass is 127. The lowest BCUT2D eigenvalue weighted by Crippen LogP contribution is -2.34. The van der Waals surface area contributed by atoms with Crippen LogP contribution in [0.5, 0.6) is 0 Å². The summed E-state index contributed by atoms with van der Waals surface area (Å²) in [5.74, 6) is 1.39. The van der Waals surface area contributed by atoms with Crippen molar-refractivity contribution >= 4 is 45.5 Å². The van der Waals surface area contributed by atoms with Gasteiger partial charge in [-0.2, -0.15) is 9.97 Å². The van der Waals surface area contributed by atoms with Crippen LogP contribution < -0.4 is 10.6 Å². The van der Waals surface area contributed by atoms with Crippen molar-refractivity contribution in [3.63, 3.8) is 0 Å². The molecule has 0 spiro atoms. The van der Waals surface area contributed by atoms with E-state index in [0.29, 0.717) is 48.2 Å². The molecular formula is C28H35IN8O4. The molecule has 3 aromatic heterocycles. The first kappa shape index (κ1) is 28.3.